The number of carbonyl (C=O) groups excluding carboxylic acids is 1. The van der Waals surface area contributed by atoms with E-state index in [2.05, 4.69) is 5.32 Å². The summed E-state index contributed by atoms with van der Waals surface area (Å²) in [6.45, 7) is 1.04. The molecule has 114 valence electrons. The number of nitrogens with zero attached hydrogens (tertiary/aromatic N) is 1. The van der Waals surface area contributed by atoms with Crippen LogP contribution in [0, 0.1) is 11.6 Å². The first kappa shape index (κ1) is 14.8. The molecule has 1 aliphatic carbocycles. The van der Waals surface area contributed by atoms with Gasteiger partial charge in [-0.3, -0.25) is 4.79 Å². The molecule has 21 heavy (non-hydrogen) atoms. The van der Waals surface area contributed by atoms with Crippen LogP contribution in [-0.2, 0) is 11.3 Å². The maximum atomic E-state index is 13.8. The fraction of sp³-hybridized carbons (Fsp3) is 0.533. The summed E-state index contributed by atoms with van der Waals surface area (Å²) in [5, 5.41) is 3.23. The monoisotopic (exact) mass is 312 g/mol. The number of benzene rings is 1. The molecule has 1 amide bonds. The molecule has 3 nitrogen and oxygen atoms in total. The summed E-state index contributed by atoms with van der Waals surface area (Å²) in [7, 11) is 0. The minimum absolute atomic E-state index is 0.0356. The lowest BCUT2D eigenvalue weighted by Gasteiger charge is -2.30. The molecule has 1 aromatic rings. The zero-order chi connectivity index (χ0) is 14.8. The maximum absolute atomic E-state index is 13.8. The molecule has 0 aromatic heterocycles. The fourth-order valence-electron chi connectivity index (χ4n) is 2.53. The van der Waals surface area contributed by atoms with E-state index in [1.54, 1.807) is 16.7 Å². The van der Waals surface area contributed by atoms with Crippen molar-refractivity contribution in [1.82, 2.24) is 10.2 Å². The Labute approximate surface area is 127 Å². The highest BCUT2D eigenvalue weighted by molar-refractivity contribution is 7.99. The Bertz CT molecular complexity index is 530. The highest BCUT2D eigenvalue weighted by Crippen LogP contribution is 2.30. The third-order valence-corrected chi connectivity index (χ3v) is 4.91. The van der Waals surface area contributed by atoms with Crippen molar-refractivity contribution in [3.05, 3.63) is 35.4 Å². The third-order valence-electron chi connectivity index (χ3n) is 3.85. The molecule has 1 saturated heterocycles. The number of hydrogen-bond acceptors (Lipinski definition) is 3. The Balaban J connectivity index is 1.73. The molecule has 1 N–H and O–H groups in total. The number of thioether (sulfide) groups is 1. The normalized spacial score (nSPS) is 22.1. The van der Waals surface area contributed by atoms with E-state index < -0.39 is 11.6 Å². The molecule has 6 heteroatoms. The Morgan fingerprint density at radius 1 is 1.38 bits per heavy atom. The lowest BCUT2D eigenvalue weighted by atomic mass is 10.1. The molecule has 1 aromatic carbocycles. The quantitative estimate of drug-likeness (QED) is 0.925. The predicted molar refractivity (Wildman–Crippen MR) is 79.0 cm³/mol. The van der Waals surface area contributed by atoms with Gasteiger partial charge in [0.25, 0.3) is 0 Å². The van der Waals surface area contributed by atoms with Gasteiger partial charge in [0, 0.05) is 42.3 Å². The van der Waals surface area contributed by atoms with Crippen LogP contribution in [0.15, 0.2) is 18.2 Å². The Hall–Kier alpha value is -1.14. The van der Waals surface area contributed by atoms with E-state index in [1.807, 2.05) is 0 Å². The van der Waals surface area contributed by atoms with Crippen molar-refractivity contribution in [2.75, 3.05) is 18.1 Å². The van der Waals surface area contributed by atoms with Gasteiger partial charge in [0.2, 0.25) is 5.91 Å². The van der Waals surface area contributed by atoms with E-state index >= 15 is 0 Å². The number of hydrogen-bond donors (Lipinski definition) is 1. The van der Waals surface area contributed by atoms with Crippen LogP contribution in [0.2, 0.25) is 0 Å². The van der Waals surface area contributed by atoms with Crippen molar-refractivity contribution >= 4 is 17.7 Å². The Morgan fingerprint density at radius 2 is 2.19 bits per heavy atom. The van der Waals surface area contributed by atoms with Crippen LogP contribution < -0.4 is 5.32 Å². The minimum Gasteiger partial charge on any atom is -0.334 e. The fourth-order valence-corrected chi connectivity index (χ4v) is 3.46. The minimum atomic E-state index is -0.592. The second-order valence-electron chi connectivity index (χ2n) is 5.51. The van der Waals surface area contributed by atoms with E-state index in [0.717, 1.165) is 37.0 Å². The van der Waals surface area contributed by atoms with Crippen molar-refractivity contribution in [3.63, 3.8) is 0 Å². The lowest BCUT2D eigenvalue weighted by molar-refractivity contribution is -0.134. The zero-order valence-corrected chi connectivity index (χ0v) is 12.5. The van der Waals surface area contributed by atoms with Crippen molar-refractivity contribution in [2.45, 2.75) is 31.5 Å². The molecular formula is C15H18F2N2OS. The summed E-state index contributed by atoms with van der Waals surface area (Å²) in [4.78, 5) is 14.4. The molecule has 1 unspecified atom stereocenters. The molecule has 1 atom stereocenters. The van der Waals surface area contributed by atoms with E-state index in [0.29, 0.717) is 5.56 Å². The van der Waals surface area contributed by atoms with Gasteiger partial charge in [-0.15, -0.1) is 0 Å². The second-order valence-corrected chi connectivity index (χ2v) is 6.66. The molecular weight excluding hydrogens is 294 g/mol. The summed E-state index contributed by atoms with van der Waals surface area (Å²) in [5.74, 6) is 0.632. The molecule has 0 bridgehead atoms. The first-order valence-corrected chi connectivity index (χ1v) is 8.36. The molecule has 3 rings (SSSR count). The van der Waals surface area contributed by atoms with Crippen LogP contribution in [0.25, 0.3) is 0 Å². The number of nitrogens with one attached hydrogen (secondary N) is 1. The topological polar surface area (TPSA) is 32.3 Å². The van der Waals surface area contributed by atoms with Crippen molar-refractivity contribution < 1.29 is 13.6 Å². The summed E-state index contributed by atoms with van der Waals surface area (Å²) in [6.07, 6.45) is 1.93. The summed E-state index contributed by atoms with van der Waals surface area (Å²) in [6, 6.07) is 3.56. The van der Waals surface area contributed by atoms with E-state index in [-0.39, 0.29) is 24.5 Å². The molecule has 0 spiro atoms. The Kier molecular flexibility index (Phi) is 4.45. The lowest BCUT2D eigenvalue weighted by Crippen LogP contribution is -2.51. The zero-order valence-electron chi connectivity index (χ0n) is 11.6. The van der Waals surface area contributed by atoms with Crippen LogP contribution >= 0.6 is 11.8 Å². The highest BCUT2D eigenvalue weighted by atomic mass is 32.2. The number of rotatable bonds is 4. The average molecular weight is 312 g/mol. The molecule has 0 radical (unpaired) electrons. The first-order chi connectivity index (χ1) is 10.1. The van der Waals surface area contributed by atoms with Gasteiger partial charge < -0.3 is 10.2 Å². The van der Waals surface area contributed by atoms with E-state index in [4.69, 9.17) is 0 Å². The number of carbonyl (C=O) groups is 1. The highest BCUT2D eigenvalue weighted by Gasteiger charge is 2.36. The number of amides is 1. The van der Waals surface area contributed by atoms with Crippen molar-refractivity contribution in [1.29, 1.82) is 0 Å². The van der Waals surface area contributed by atoms with Gasteiger partial charge in [0.05, 0.1) is 6.04 Å². The van der Waals surface area contributed by atoms with Crippen molar-refractivity contribution in [2.24, 2.45) is 0 Å². The first-order valence-electron chi connectivity index (χ1n) is 7.20. The van der Waals surface area contributed by atoms with Gasteiger partial charge in [-0.1, -0.05) is 6.07 Å². The summed E-state index contributed by atoms with van der Waals surface area (Å²) >= 11 is 1.76. The van der Waals surface area contributed by atoms with Crippen molar-refractivity contribution in [3.8, 4) is 0 Å². The van der Waals surface area contributed by atoms with Gasteiger partial charge in [-0.2, -0.15) is 11.8 Å². The molecule has 1 aliphatic heterocycles. The van der Waals surface area contributed by atoms with Gasteiger partial charge in [-0.05, 0) is 18.9 Å². The summed E-state index contributed by atoms with van der Waals surface area (Å²) < 4.78 is 26.8. The van der Waals surface area contributed by atoms with Gasteiger partial charge in [0.15, 0.2) is 0 Å². The number of halogens is 2. The summed E-state index contributed by atoms with van der Waals surface area (Å²) in [5.41, 5.74) is 0.375. The van der Waals surface area contributed by atoms with Crippen LogP contribution in [0.1, 0.15) is 18.4 Å². The molecule has 1 saturated carbocycles. The molecule has 2 fully saturated rings. The molecule has 1 heterocycles. The van der Waals surface area contributed by atoms with Gasteiger partial charge in [-0.25, -0.2) is 8.78 Å². The van der Waals surface area contributed by atoms with Crippen LogP contribution in [-0.4, -0.2) is 40.9 Å². The van der Waals surface area contributed by atoms with Crippen LogP contribution in [0.3, 0.4) is 0 Å². The van der Waals surface area contributed by atoms with Crippen LogP contribution in [0.5, 0.6) is 0 Å². The molecule has 2 aliphatic rings. The smallest absolute Gasteiger partial charge is 0.241 e. The SMILES string of the molecule is O=C(C1CSCCN1)N(Cc1ccc(F)cc1F)C1CC1. The predicted octanol–water partition coefficient (Wildman–Crippen LogP) is 2.16. The van der Waals surface area contributed by atoms with Gasteiger partial charge >= 0.3 is 0 Å². The largest absolute Gasteiger partial charge is 0.334 e. The van der Waals surface area contributed by atoms with E-state index in [1.165, 1.54) is 12.1 Å². The van der Waals surface area contributed by atoms with E-state index in [9.17, 15) is 13.6 Å². The third kappa shape index (κ3) is 3.55. The van der Waals surface area contributed by atoms with Crippen LogP contribution in [0.4, 0.5) is 8.78 Å². The second kappa shape index (κ2) is 6.32. The Morgan fingerprint density at radius 3 is 2.81 bits per heavy atom. The average Bonchev–Trinajstić information content (AvgIpc) is 3.31. The van der Waals surface area contributed by atoms with Gasteiger partial charge in [0.1, 0.15) is 11.6 Å². The maximum Gasteiger partial charge on any atom is 0.241 e. The standard InChI is InChI=1S/C15H18F2N2OS/c16-11-2-1-10(13(17)7-11)8-19(12-3-4-12)15(20)14-9-21-6-5-18-14/h1-2,7,12,14,18H,3-6,8-9H2.